The van der Waals surface area contributed by atoms with E-state index in [2.05, 4.69) is 4.74 Å². The fourth-order valence-corrected chi connectivity index (χ4v) is 1.44. The van der Waals surface area contributed by atoms with E-state index in [0.717, 1.165) is 0 Å². The highest BCUT2D eigenvalue weighted by Gasteiger charge is 2.70. The average molecular weight is 156 g/mol. The van der Waals surface area contributed by atoms with E-state index in [1.54, 1.807) is 0 Å². The van der Waals surface area contributed by atoms with Crippen LogP contribution in [-0.4, -0.2) is 23.0 Å². The molecule has 1 saturated heterocycles. The highest BCUT2D eigenvalue weighted by Crippen LogP contribution is 2.52. The van der Waals surface area contributed by atoms with E-state index in [1.807, 2.05) is 0 Å². The van der Waals surface area contributed by atoms with Gasteiger partial charge in [-0.3, -0.25) is 14.4 Å². The van der Waals surface area contributed by atoms with E-state index in [1.165, 1.54) is 0 Å². The molecule has 0 radical (unpaired) electrons. The van der Waals surface area contributed by atoms with Crippen molar-refractivity contribution in [2.45, 2.75) is 0 Å². The number of hydrogen-bond acceptors (Lipinski definition) is 4. The van der Waals surface area contributed by atoms with Gasteiger partial charge in [0.15, 0.2) is 0 Å². The van der Waals surface area contributed by atoms with Crippen LogP contribution in [0.3, 0.4) is 0 Å². The second-order valence-electron chi connectivity index (χ2n) is 2.66. The van der Waals surface area contributed by atoms with Crippen molar-refractivity contribution in [3.8, 4) is 0 Å². The summed E-state index contributed by atoms with van der Waals surface area (Å²) in [6, 6.07) is 0. The molecular weight excluding hydrogens is 152 g/mol. The Balaban J connectivity index is 2.22. The molecule has 5 heteroatoms. The fraction of sp³-hybridized carbons (Fsp3) is 0.500. The van der Waals surface area contributed by atoms with E-state index in [4.69, 9.17) is 5.11 Å². The normalized spacial score (nSPS) is 39.8. The summed E-state index contributed by atoms with van der Waals surface area (Å²) in [7, 11) is 0. The van der Waals surface area contributed by atoms with Crippen LogP contribution in [0.25, 0.3) is 0 Å². The predicted octanol–water partition coefficient (Wildman–Crippen LogP) is -0.983. The number of carboxylic acid groups (broad SMARTS) is 1. The second kappa shape index (κ2) is 1.61. The van der Waals surface area contributed by atoms with Crippen LogP contribution in [0.5, 0.6) is 0 Å². The summed E-state index contributed by atoms with van der Waals surface area (Å²) in [5, 5.41) is 8.43. The van der Waals surface area contributed by atoms with Gasteiger partial charge in [0.05, 0.1) is 17.8 Å². The van der Waals surface area contributed by atoms with Crippen LogP contribution in [0, 0.1) is 17.8 Å². The number of fused-ring (bicyclic) bond motifs is 1. The monoisotopic (exact) mass is 156 g/mol. The first-order valence-corrected chi connectivity index (χ1v) is 3.11. The molecule has 0 aromatic heterocycles. The molecule has 2 rings (SSSR count). The molecule has 11 heavy (non-hydrogen) atoms. The van der Waals surface area contributed by atoms with Crippen LogP contribution >= 0.6 is 0 Å². The first kappa shape index (κ1) is 6.33. The Hall–Kier alpha value is -1.39. The number of hydrogen-bond donors (Lipinski definition) is 1. The maximum atomic E-state index is 10.6. The first-order valence-electron chi connectivity index (χ1n) is 3.11. The molecule has 0 amide bonds. The van der Waals surface area contributed by atoms with Crippen molar-refractivity contribution < 1.29 is 24.2 Å². The van der Waals surface area contributed by atoms with Crippen LogP contribution in [0.1, 0.15) is 0 Å². The van der Waals surface area contributed by atoms with Gasteiger partial charge in [0.25, 0.3) is 0 Å². The third kappa shape index (κ3) is 0.621. The molecule has 0 bridgehead atoms. The largest absolute Gasteiger partial charge is 0.481 e. The minimum atomic E-state index is -1.09. The van der Waals surface area contributed by atoms with Crippen LogP contribution in [0.2, 0.25) is 0 Å². The summed E-state index contributed by atoms with van der Waals surface area (Å²) in [5.41, 5.74) is 0. The molecule has 2 atom stereocenters. The molecule has 0 aromatic carbocycles. The molecule has 1 heterocycles. The van der Waals surface area contributed by atoms with Crippen LogP contribution in [0.15, 0.2) is 0 Å². The Morgan fingerprint density at radius 1 is 1.27 bits per heavy atom. The number of aliphatic carboxylic acids is 1. The van der Waals surface area contributed by atoms with Gasteiger partial charge in [0, 0.05) is 0 Å². The number of carbonyl (C=O) groups is 3. The van der Waals surface area contributed by atoms with E-state index in [9.17, 15) is 14.4 Å². The summed E-state index contributed by atoms with van der Waals surface area (Å²) in [6.45, 7) is 0. The van der Waals surface area contributed by atoms with Gasteiger partial charge in [0.1, 0.15) is 0 Å². The van der Waals surface area contributed by atoms with Gasteiger partial charge in [-0.25, -0.2) is 0 Å². The van der Waals surface area contributed by atoms with Gasteiger partial charge in [-0.15, -0.1) is 0 Å². The smallest absolute Gasteiger partial charge is 0.318 e. The van der Waals surface area contributed by atoms with Crippen molar-refractivity contribution >= 4 is 17.9 Å². The first-order chi connectivity index (χ1) is 5.13. The van der Waals surface area contributed by atoms with Crippen LogP contribution in [-0.2, 0) is 19.1 Å². The Labute approximate surface area is 60.9 Å². The van der Waals surface area contributed by atoms with Crippen molar-refractivity contribution in [2.24, 2.45) is 17.8 Å². The average Bonchev–Trinajstić information content (AvgIpc) is 2.53. The molecule has 0 spiro atoms. The Morgan fingerprint density at radius 3 is 2.00 bits per heavy atom. The lowest BCUT2D eigenvalue weighted by molar-refractivity contribution is -0.159. The molecule has 2 unspecified atom stereocenters. The summed E-state index contributed by atoms with van der Waals surface area (Å²) < 4.78 is 4.16. The van der Waals surface area contributed by atoms with Crippen molar-refractivity contribution in [2.75, 3.05) is 0 Å². The van der Waals surface area contributed by atoms with Crippen molar-refractivity contribution in [1.82, 2.24) is 0 Å². The number of rotatable bonds is 1. The highest BCUT2D eigenvalue weighted by atomic mass is 16.6. The summed E-state index contributed by atoms with van der Waals surface area (Å²) >= 11 is 0. The molecule has 2 fully saturated rings. The molecule has 5 nitrogen and oxygen atoms in total. The maximum absolute atomic E-state index is 10.6. The lowest BCUT2D eigenvalue weighted by atomic mass is 10.3. The second-order valence-corrected chi connectivity index (χ2v) is 2.66. The lowest BCUT2D eigenvalue weighted by Gasteiger charge is -1.95. The van der Waals surface area contributed by atoms with Crippen molar-refractivity contribution in [1.29, 1.82) is 0 Å². The van der Waals surface area contributed by atoms with E-state index in [-0.39, 0.29) is 0 Å². The van der Waals surface area contributed by atoms with Gasteiger partial charge < -0.3 is 9.84 Å². The molecule has 58 valence electrons. The number of ether oxygens (including phenoxy) is 1. The van der Waals surface area contributed by atoms with Gasteiger partial charge in [-0.05, 0) is 0 Å². The van der Waals surface area contributed by atoms with Gasteiger partial charge in [0.2, 0.25) is 0 Å². The fourth-order valence-electron chi connectivity index (χ4n) is 1.44. The van der Waals surface area contributed by atoms with Crippen molar-refractivity contribution in [3.05, 3.63) is 0 Å². The van der Waals surface area contributed by atoms with E-state index < -0.39 is 35.7 Å². The zero-order valence-corrected chi connectivity index (χ0v) is 5.31. The molecule has 0 aromatic rings. The number of carboxylic acids is 1. The number of carbonyl (C=O) groups excluding carboxylic acids is 2. The minimum Gasteiger partial charge on any atom is -0.481 e. The molecule has 1 saturated carbocycles. The topological polar surface area (TPSA) is 80.7 Å². The molecule has 2 aliphatic rings. The Morgan fingerprint density at radius 2 is 1.73 bits per heavy atom. The summed E-state index contributed by atoms with van der Waals surface area (Å²) in [4.78, 5) is 31.6. The molecule has 1 aliphatic heterocycles. The van der Waals surface area contributed by atoms with Gasteiger partial charge >= 0.3 is 17.9 Å². The minimum absolute atomic E-state index is 0.688. The lowest BCUT2D eigenvalue weighted by Crippen LogP contribution is -2.15. The summed E-state index contributed by atoms with van der Waals surface area (Å²) in [6.07, 6.45) is 0. The maximum Gasteiger partial charge on any atom is 0.318 e. The standard InChI is InChI=1S/C6H4O5/c7-4(8)1-2-3(1)6(10)11-5(2)9/h1-3H,(H,7,8). The number of esters is 2. The zero-order chi connectivity index (χ0) is 8.17. The van der Waals surface area contributed by atoms with Gasteiger partial charge in [-0.1, -0.05) is 0 Å². The highest BCUT2D eigenvalue weighted by molar-refractivity contribution is 6.06. The quantitative estimate of drug-likeness (QED) is 0.389. The summed E-state index contributed by atoms with van der Waals surface area (Å²) in [5.74, 6) is -4.67. The molecule has 1 aliphatic carbocycles. The van der Waals surface area contributed by atoms with E-state index >= 15 is 0 Å². The Bertz CT molecular complexity index is 241. The molecule has 1 N–H and O–H groups in total. The van der Waals surface area contributed by atoms with Crippen LogP contribution in [0.4, 0.5) is 0 Å². The van der Waals surface area contributed by atoms with Crippen molar-refractivity contribution in [3.63, 3.8) is 0 Å². The predicted molar refractivity (Wildman–Crippen MR) is 29.2 cm³/mol. The zero-order valence-electron chi connectivity index (χ0n) is 5.31. The van der Waals surface area contributed by atoms with E-state index in [0.29, 0.717) is 0 Å². The van der Waals surface area contributed by atoms with Crippen LogP contribution < -0.4 is 0 Å². The Kier molecular flexibility index (Phi) is 0.925. The van der Waals surface area contributed by atoms with Gasteiger partial charge in [-0.2, -0.15) is 0 Å². The third-order valence-electron chi connectivity index (χ3n) is 2.05. The third-order valence-corrected chi connectivity index (χ3v) is 2.05. The molecular formula is C6H4O5. The number of cyclic esters (lactones) is 2. The SMILES string of the molecule is O=C(O)C1C2C(=O)OC(=O)C12.